The molecule has 0 atom stereocenters. The summed E-state index contributed by atoms with van der Waals surface area (Å²) in [5, 5.41) is 0. The molecule has 1 heterocycles. The second-order valence-corrected chi connectivity index (χ2v) is 4.54. The zero-order valence-corrected chi connectivity index (χ0v) is 11.2. The number of hydrogen-bond donors (Lipinski definition) is 1. The summed E-state index contributed by atoms with van der Waals surface area (Å²) in [6.07, 6.45) is 1.60. The Hall–Kier alpha value is -2.01. The summed E-state index contributed by atoms with van der Waals surface area (Å²) >= 11 is 4.91. The predicted molar refractivity (Wildman–Crippen MR) is 75.6 cm³/mol. The molecule has 1 aromatic heterocycles. The van der Waals surface area contributed by atoms with Crippen LogP contribution >= 0.6 is 12.2 Å². The van der Waals surface area contributed by atoms with Gasteiger partial charge in [0.25, 0.3) is 0 Å². The van der Waals surface area contributed by atoms with Crippen LogP contribution in [0.2, 0.25) is 0 Å². The van der Waals surface area contributed by atoms with E-state index in [4.69, 9.17) is 22.7 Å². The van der Waals surface area contributed by atoms with Gasteiger partial charge in [0.1, 0.15) is 17.3 Å². The second-order valence-electron chi connectivity index (χ2n) is 4.10. The summed E-state index contributed by atoms with van der Waals surface area (Å²) in [5.74, 6) is -0.191. The van der Waals surface area contributed by atoms with Crippen molar-refractivity contribution in [3.8, 4) is 5.75 Å². The van der Waals surface area contributed by atoms with Crippen molar-refractivity contribution in [3.05, 3.63) is 59.2 Å². The minimum atomic E-state index is -0.397. The molecule has 0 saturated heterocycles. The molecule has 0 spiro atoms. The molecular formula is C14H13FN2OS. The van der Waals surface area contributed by atoms with Crippen LogP contribution in [0, 0.1) is 12.7 Å². The first-order chi connectivity index (χ1) is 9.08. The van der Waals surface area contributed by atoms with Crippen molar-refractivity contribution in [1.29, 1.82) is 0 Å². The van der Waals surface area contributed by atoms with Gasteiger partial charge in [-0.25, -0.2) is 4.39 Å². The maximum Gasteiger partial charge on any atom is 0.165 e. The molecule has 0 amide bonds. The third-order valence-corrected chi connectivity index (χ3v) is 2.79. The smallest absolute Gasteiger partial charge is 0.165 e. The third kappa shape index (κ3) is 3.26. The van der Waals surface area contributed by atoms with Gasteiger partial charge in [-0.15, -0.1) is 0 Å². The summed E-state index contributed by atoms with van der Waals surface area (Å²) in [6.45, 7) is 2.04. The minimum Gasteiger partial charge on any atom is -0.486 e. The van der Waals surface area contributed by atoms with E-state index in [0.717, 1.165) is 11.1 Å². The molecule has 0 aliphatic heterocycles. The molecule has 3 nitrogen and oxygen atoms in total. The highest BCUT2D eigenvalue weighted by Crippen LogP contribution is 2.20. The second kappa shape index (κ2) is 5.75. The number of nitrogens with two attached hydrogens (primary N) is 1. The van der Waals surface area contributed by atoms with Crippen LogP contribution in [-0.2, 0) is 6.61 Å². The monoisotopic (exact) mass is 276 g/mol. The van der Waals surface area contributed by atoms with Crippen molar-refractivity contribution in [2.24, 2.45) is 5.73 Å². The van der Waals surface area contributed by atoms with Gasteiger partial charge in [-0.3, -0.25) is 4.98 Å². The molecule has 2 rings (SSSR count). The highest BCUT2D eigenvalue weighted by atomic mass is 32.1. The van der Waals surface area contributed by atoms with Gasteiger partial charge in [-0.1, -0.05) is 24.4 Å². The van der Waals surface area contributed by atoms with Crippen molar-refractivity contribution in [2.75, 3.05) is 0 Å². The van der Waals surface area contributed by atoms with E-state index in [9.17, 15) is 4.39 Å². The molecule has 0 aliphatic rings. The number of thiocarbonyl (C=S) groups is 1. The van der Waals surface area contributed by atoms with Crippen molar-refractivity contribution in [2.45, 2.75) is 13.5 Å². The zero-order chi connectivity index (χ0) is 13.8. The van der Waals surface area contributed by atoms with Crippen LogP contribution in [0.3, 0.4) is 0 Å². The SMILES string of the molecule is Cc1ccc(F)c(OCc2cccnc2C(N)=S)c1. The lowest BCUT2D eigenvalue weighted by Gasteiger charge is -2.10. The molecule has 0 bridgehead atoms. The van der Waals surface area contributed by atoms with Crippen LogP contribution in [0.15, 0.2) is 36.5 Å². The molecule has 98 valence electrons. The Labute approximate surface area is 116 Å². The van der Waals surface area contributed by atoms with E-state index in [1.807, 2.05) is 6.92 Å². The fraction of sp³-hybridized carbons (Fsp3) is 0.143. The fourth-order valence-electron chi connectivity index (χ4n) is 1.65. The number of aromatic nitrogens is 1. The first kappa shape index (κ1) is 13.4. The first-order valence-corrected chi connectivity index (χ1v) is 6.11. The quantitative estimate of drug-likeness (QED) is 0.872. The van der Waals surface area contributed by atoms with Crippen LogP contribution < -0.4 is 10.5 Å². The maximum absolute atomic E-state index is 13.5. The highest BCUT2D eigenvalue weighted by molar-refractivity contribution is 7.80. The van der Waals surface area contributed by atoms with Crippen LogP contribution in [0.4, 0.5) is 4.39 Å². The van der Waals surface area contributed by atoms with Gasteiger partial charge in [0.2, 0.25) is 0 Å². The molecule has 0 saturated carbocycles. The summed E-state index contributed by atoms with van der Waals surface area (Å²) in [5.41, 5.74) is 7.74. The standard InChI is InChI=1S/C14H13FN2OS/c1-9-4-5-11(15)12(7-9)18-8-10-3-2-6-17-13(10)14(16)19/h2-7H,8H2,1H3,(H2,16,19). The topological polar surface area (TPSA) is 48.1 Å². The zero-order valence-electron chi connectivity index (χ0n) is 10.4. The Bertz CT molecular complexity index is 616. The fourth-order valence-corrected chi connectivity index (χ4v) is 1.84. The van der Waals surface area contributed by atoms with Gasteiger partial charge in [0.15, 0.2) is 11.6 Å². The van der Waals surface area contributed by atoms with Gasteiger partial charge in [0.05, 0.1) is 0 Å². The third-order valence-electron chi connectivity index (χ3n) is 2.59. The van der Waals surface area contributed by atoms with Crippen molar-refractivity contribution < 1.29 is 9.13 Å². The molecule has 2 aromatic rings. The molecule has 19 heavy (non-hydrogen) atoms. The van der Waals surface area contributed by atoms with E-state index < -0.39 is 5.82 Å². The van der Waals surface area contributed by atoms with E-state index in [2.05, 4.69) is 4.98 Å². The molecular weight excluding hydrogens is 263 g/mol. The molecule has 0 fully saturated rings. The summed E-state index contributed by atoms with van der Waals surface area (Å²) in [7, 11) is 0. The van der Waals surface area contributed by atoms with Crippen molar-refractivity contribution in [3.63, 3.8) is 0 Å². The van der Waals surface area contributed by atoms with E-state index in [0.29, 0.717) is 5.69 Å². The Morgan fingerprint density at radius 2 is 2.21 bits per heavy atom. The maximum atomic E-state index is 13.5. The average molecular weight is 276 g/mol. The van der Waals surface area contributed by atoms with Gasteiger partial charge in [-0.2, -0.15) is 0 Å². The van der Waals surface area contributed by atoms with Gasteiger partial charge in [0, 0.05) is 11.8 Å². The number of halogens is 1. The average Bonchev–Trinajstić information content (AvgIpc) is 2.40. The van der Waals surface area contributed by atoms with E-state index >= 15 is 0 Å². The van der Waals surface area contributed by atoms with Gasteiger partial charge >= 0.3 is 0 Å². The summed E-state index contributed by atoms with van der Waals surface area (Å²) < 4.78 is 19.0. The van der Waals surface area contributed by atoms with Crippen LogP contribution in [0.1, 0.15) is 16.8 Å². The number of aryl methyl sites for hydroxylation is 1. The van der Waals surface area contributed by atoms with Crippen molar-refractivity contribution in [1.82, 2.24) is 4.98 Å². The van der Waals surface area contributed by atoms with Gasteiger partial charge < -0.3 is 10.5 Å². The Morgan fingerprint density at radius 1 is 1.42 bits per heavy atom. The normalized spacial score (nSPS) is 10.2. The Balaban J connectivity index is 2.19. The highest BCUT2D eigenvalue weighted by Gasteiger charge is 2.09. The number of benzene rings is 1. The summed E-state index contributed by atoms with van der Waals surface area (Å²) in [4.78, 5) is 4.29. The molecule has 0 radical (unpaired) electrons. The Kier molecular flexibility index (Phi) is 4.06. The Morgan fingerprint density at radius 3 is 2.95 bits per heavy atom. The van der Waals surface area contributed by atoms with E-state index in [1.165, 1.54) is 6.07 Å². The number of pyridine rings is 1. The molecule has 0 aliphatic carbocycles. The number of hydrogen-bond acceptors (Lipinski definition) is 3. The molecule has 0 unspecified atom stereocenters. The first-order valence-electron chi connectivity index (χ1n) is 5.70. The molecule has 2 N–H and O–H groups in total. The number of ether oxygens (including phenoxy) is 1. The van der Waals surface area contributed by atoms with Crippen LogP contribution in [0.5, 0.6) is 5.75 Å². The molecule has 1 aromatic carbocycles. The lowest BCUT2D eigenvalue weighted by atomic mass is 10.2. The van der Waals surface area contributed by atoms with Crippen LogP contribution in [-0.4, -0.2) is 9.97 Å². The van der Waals surface area contributed by atoms with E-state index in [1.54, 1.807) is 30.5 Å². The lowest BCUT2D eigenvalue weighted by molar-refractivity contribution is 0.289. The largest absolute Gasteiger partial charge is 0.486 e. The predicted octanol–water partition coefficient (Wildman–Crippen LogP) is 2.74. The van der Waals surface area contributed by atoms with E-state index in [-0.39, 0.29) is 17.3 Å². The molecule has 5 heteroatoms. The lowest BCUT2D eigenvalue weighted by Crippen LogP contribution is -2.15. The van der Waals surface area contributed by atoms with Gasteiger partial charge in [-0.05, 0) is 30.7 Å². The number of nitrogens with zero attached hydrogens (tertiary/aromatic N) is 1. The minimum absolute atomic E-state index is 0.168. The van der Waals surface area contributed by atoms with Crippen molar-refractivity contribution >= 4 is 17.2 Å². The summed E-state index contributed by atoms with van der Waals surface area (Å²) in [6, 6.07) is 8.27. The van der Waals surface area contributed by atoms with Crippen LogP contribution in [0.25, 0.3) is 0 Å². The number of rotatable bonds is 4.